The van der Waals surface area contributed by atoms with Crippen LogP contribution >= 0.6 is 0 Å². The summed E-state index contributed by atoms with van der Waals surface area (Å²) in [6, 6.07) is 12.1. The number of aromatic hydroxyl groups is 1. The number of fused-ring (bicyclic) bond motifs is 1. The molecule has 52 heavy (non-hydrogen) atoms. The lowest BCUT2D eigenvalue weighted by Gasteiger charge is -2.42. The Morgan fingerprint density at radius 1 is 0.885 bits per heavy atom. The first-order valence-electron chi connectivity index (χ1n) is 17.9. The Morgan fingerprint density at radius 2 is 1.48 bits per heavy atom. The number of primary amides is 1. The summed E-state index contributed by atoms with van der Waals surface area (Å²) in [5.74, 6) is -4.49. The van der Waals surface area contributed by atoms with E-state index in [9.17, 15) is 34.5 Å². The number of hydrogen-bond acceptors (Lipinski definition) is 11. The van der Waals surface area contributed by atoms with Gasteiger partial charge < -0.3 is 55.7 Å². The second-order valence-corrected chi connectivity index (χ2v) is 14.6. The number of phenolic OH excluding ortho intramolecular Hbond substituents is 1. The van der Waals surface area contributed by atoms with Gasteiger partial charge in [0.05, 0.1) is 19.2 Å². The van der Waals surface area contributed by atoms with Crippen molar-refractivity contribution < 1.29 is 48.7 Å². The molecule has 15 nitrogen and oxygen atoms in total. The monoisotopic (exact) mass is 723 g/mol. The molecule has 6 rings (SSSR count). The quantitative estimate of drug-likeness (QED) is 0.167. The van der Waals surface area contributed by atoms with Crippen molar-refractivity contribution in [3.63, 3.8) is 0 Å². The molecule has 0 aliphatic carbocycles. The Balaban J connectivity index is 1.22. The first-order valence-corrected chi connectivity index (χ1v) is 17.9. The Kier molecular flexibility index (Phi) is 11.2. The number of amides is 4. The van der Waals surface area contributed by atoms with Crippen molar-refractivity contribution in [2.24, 2.45) is 5.73 Å². The van der Waals surface area contributed by atoms with E-state index in [0.29, 0.717) is 38.8 Å². The smallest absolute Gasteiger partial charge is 0.246 e. The molecule has 0 unspecified atom stereocenters. The Hall–Kier alpha value is -4.12. The normalized spacial score (nSPS) is 29.3. The number of nitrogens with one attached hydrogen (secondary N) is 2. The van der Waals surface area contributed by atoms with E-state index in [1.54, 1.807) is 26.0 Å². The van der Waals surface area contributed by atoms with Crippen LogP contribution in [0.1, 0.15) is 50.7 Å². The van der Waals surface area contributed by atoms with Gasteiger partial charge in [-0.2, -0.15) is 0 Å². The van der Waals surface area contributed by atoms with Crippen molar-refractivity contribution in [3.8, 4) is 5.75 Å². The standard InChI is InChI=1S/C37H49N5O10/c1-36(2)51-31-30(45)29(44)20-50-37(31,52-36)21-39-25(18-23-12-14-24(43)15-13-23)34(48)42-17-7-11-28(42)33(47)40-26(19-22-8-4-3-5-9-22)35(49)41-16-6-10-27(41)32(38)46/h3-5,8-9,12-15,25-31,39,43-45H,6-7,10-11,16-21H2,1-2H3,(H2,38,46)(H,40,47)/t25-,26-,27-,28-,29+,30+,31-,37-/m0/s1. The van der Waals surface area contributed by atoms with Crippen LogP contribution in [0.25, 0.3) is 0 Å². The molecule has 2 aromatic carbocycles. The maximum absolute atomic E-state index is 14.5. The van der Waals surface area contributed by atoms with Gasteiger partial charge in [-0.3, -0.25) is 19.2 Å². The van der Waals surface area contributed by atoms with Crippen LogP contribution in [-0.4, -0.2) is 129 Å². The number of carbonyl (C=O) groups excluding carboxylic acids is 4. The topological polar surface area (TPSA) is 213 Å². The summed E-state index contributed by atoms with van der Waals surface area (Å²) in [6.45, 7) is 3.64. The molecule has 8 atom stereocenters. The van der Waals surface area contributed by atoms with Crippen molar-refractivity contribution in [1.29, 1.82) is 0 Å². The predicted molar refractivity (Wildman–Crippen MR) is 185 cm³/mol. The number of rotatable bonds is 12. The lowest BCUT2D eigenvalue weighted by atomic mass is 9.96. The molecule has 282 valence electrons. The lowest BCUT2D eigenvalue weighted by Crippen LogP contribution is -2.64. The number of benzene rings is 2. The molecule has 7 N–H and O–H groups in total. The van der Waals surface area contributed by atoms with Crippen LogP contribution in [0.3, 0.4) is 0 Å². The van der Waals surface area contributed by atoms with E-state index in [-0.39, 0.29) is 37.6 Å². The second-order valence-electron chi connectivity index (χ2n) is 14.6. The van der Waals surface area contributed by atoms with Crippen LogP contribution in [0.4, 0.5) is 0 Å². The molecule has 4 aliphatic rings. The number of phenols is 1. The van der Waals surface area contributed by atoms with E-state index in [4.69, 9.17) is 19.9 Å². The predicted octanol–water partition coefficient (Wildman–Crippen LogP) is -0.312. The third kappa shape index (κ3) is 8.09. The highest BCUT2D eigenvalue weighted by atomic mass is 16.8. The maximum Gasteiger partial charge on any atom is 0.246 e. The van der Waals surface area contributed by atoms with Gasteiger partial charge in [0, 0.05) is 19.5 Å². The summed E-state index contributed by atoms with van der Waals surface area (Å²) in [4.78, 5) is 57.6. The summed E-state index contributed by atoms with van der Waals surface area (Å²) in [5, 5.41) is 37.2. The molecule has 4 fully saturated rings. The summed E-state index contributed by atoms with van der Waals surface area (Å²) >= 11 is 0. The van der Waals surface area contributed by atoms with Crippen molar-refractivity contribution in [2.75, 3.05) is 26.2 Å². The minimum atomic E-state index is -1.53. The average molecular weight is 724 g/mol. The molecule has 0 saturated carbocycles. The molecule has 0 spiro atoms. The molecular formula is C37H49N5O10. The lowest BCUT2D eigenvalue weighted by molar-refractivity contribution is -0.289. The van der Waals surface area contributed by atoms with Gasteiger partial charge in [0.25, 0.3) is 0 Å². The number of aliphatic hydroxyl groups excluding tert-OH is 2. The minimum absolute atomic E-state index is 0.0650. The Bertz CT molecular complexity index is 1610. The number of aliphatic hydroxyl groups is 2. The number of nitrogens with two attached hydrogens (primary N) is 1. The molecule has 0 bridgehead atoms. The van der Waals surface area contributed by atoms with Gasteiger partial charge in [-0.1, -0.05) is 42.5 Å². The molecule has 4 amide bonds. The van der Waals surface area contributed by atoms with Crippen LogP contribution in [-0.2, 0) is 46.2 Å². The fraction of sp³-hybridized carbons (Fsp3) is 0.568. The molecule has 2 aromatic rings. The number of nitrogens with zero attached hydrogens (tertiary/aromatic N) is 2. The highest BCUT2D eigenvalue weighted by Gasteiger charge is 2.61. The Labute approximate surface area is 302 Å². The SMILES string of the molecule is CC1(C)O[C@H]2[C@H](O)[C@H](O)CO[C@@]2(CN[C@@H](Cc2ccc(O)cc2)C(=O)N2CCC[C@H]2C(=O)N[C@@H](Cc2ccccc2)C(=O)N2CCC[C@H]2C(N)=O)O1. The van der Waals surface area contributed by atoms with Gasteiger partial charge in [-0.25, -0.2) is 0 Å². The van der Waals surface area contributed by atoms with Crippen LogP contribution < -0.4 is 16.4 Å². The molecule has 0 radical (unpaired) electrons. The van der Waals surface area contributed by atoms with E-state index in [1.165, 1.54) is 21.9 Å². The van der Waals surface area contributed by atoms with Crippen LogP contribution in [0.5, 0.6) is 5.75 Å². The fourth-order valence-electron chi connectivity index (χ4n) is 7.78. The second kappa shape index (κ2) is 15.5. The number of likely N-dealkylation sites (tertiary alicyclic amines) is 2. The number of carbonyl (C=O) groups is 4. The van der Waals surface area contributed by atoms with Gasteiger partial charge >= 0.3 is 0 Å². The van der Waals surface area contributed by atoms with Crippen LogP contribution in [0.15, 0.2) is 54.6 Å². The zero-order valence-corrected chi connectivity index (χ0v) is 29.5. The van der Waals surface area contributed by atoms with E-state index in [1.807, 2.05) is 30.3 Å². The fourth-order valence-corrected chi connectivity index (χ4v) is 7.78. The highest BCUT2D eigenvalue weighted by molar-refractivity contribution is 5.95. The highest BCUT2D eigenvalue weighted by Crippen LogP contribution is 2.42. The summed E-state index contributed by atoms with van der Waals surface area (Å²) in [5.41, 5.74) is 7.16. The van der Waals surface area contributed by atoms with Gasteiger partial charge in [0.15, 0.2) is 5.79 Å². The molecular weight excluding hydrogens is 674 g/mol. The van der Waals surface area contributed by atoms with Crippen molar-refractivity contribution >= 4 is 23.6 Å². The van der Waals surface area contributed by atoms with E-state index in [0.717, 1.165) is 11.1 Å². The molecule has 0 aromatic heterocycles. The number of ether oxygens (including phenoxy) is 3. The third-order valence-electron chi connectivity index (χ3n) is 10.3. The molecule has 4 aliphatic heterocycles. The van der Waals surface area contributed by atoms with E-state index >= 15 is 0 Å². The number of hydrogen-bond donors (Lipinski definition) is 6. The molecule has 15 heteroatoms. The maximum atomic E-state index is 14.5. The van der Waals surface area contributed by atoms with Gasteiger partial charge in [0.2, 0.25) is 29.4 Å². The average Bonchev–Trinajstić information content (AvgIpc) is 3.87. The van der Waals surface area contributed by atoms with Crippen LogP contribution in [0.2, 0.25) is 0 Å². The van der Waals surface area contributed by atoms with Gasteiger partial charge in [-0.15, -0.1) is 0 Å². The van der Waals surface area contributed by atoms with Crippen LogP contribution in [0, 0.1) is 0 Å². The molecule has 4 heterocycles. The third-order valence-corrected chi connectivity index (χ3v) is 10.3. The largest absolute Gasteiger partial charge is 0.508 e. The summed E-state index contributed by atoms with van der Waals surface area (Å²) in [7, 11) is 0. The first-order chi connectivity index (χ1) is 24.8. The summed E-state index contributed by atoms with van der Waals surface area (Å²) in [6.07, 6.45) is -1.22. The van der Waals surface area contributed by atoms with E-state index < -0.39 is 71.8 Å². The van der Waals surface area contributed by atoms with Gasteiger partial charge in [-0.05, 0) is 69.2 Å². The first kappa shape index (κ1) is 37.6. The van der Waals surface area contributed by atoms with E-state index in [2.05, 4.69) is 10.6 Å². The minimum Gasteiger partial charge on any atom is -0.508 e. The summed E-state index contributed by atoms with van der Waals surface area (Å²) < 4.78 is 18.1. The van der Waals surface area contributed by atoms with Crippen molar-refractivity contribution in [2.45, 2.75) is 106 Å². The zero-order chi connectivity index (χ0) is 37.2. The van der Waals surface area contributed by atoms with Gasteiger partial charge in [0.1, 0.15) is 42.2 Å². The molecule has 4 saturated heterocycles. The van der Waals surface area contributed by atoms with Crippen molar-refractivity contribution in [3.05, 3.63) is 65.7 Å². The zero-order valence-electron chi connectivity index (χ0n) is 29.5. The van der Waals surface area contributed by atoms with Crippen molar-refractivity contribution in [1.82, 2.24) is 20.4 Å². The Morgan fingerprint density at radius 3 is 2.15 bits per heavy atom.